The van der Waals surface area contributed by atoms with E-state index >= 15 is 0 Å². The van der Waals surface area contributed by atoms with E-state index in [4.69, 9.17) is 19.8 Å². The van der Waals surface area contributed by atoms with Gasteiger partial charge in [-0.25, -0.2) is 13.9 Å². The normalized spacial score (nSPS) is 12.7. The molecule has 8 nitrogen and oxygen atoms in total. The highest BCUT2D eigenvalue weighted by Crippen LogP contribution is 2.14. The van der Waals surface area contributed by atoms with Gasteiger partial charge in [0.2, 0.25) is 0 Å². The van der Waals surface area contributed by atoms with Gasteiger partial charge in [-0.05, 0) is 13.3 Å². The van der Waals surface area contributed by atoms with Crippen molar-refractivity contribution in [1.29, 1.82) is 0 Å². The molecule has 0 radical (unpaired) electrons. The minimum absolute atomic E-state index is 1.000. The highest BCUT2D eigenvalue weighted by Gasteiger charge is 2.38. The molecule has 2 heterocycles. The Labute approximate surface area is 194 Å². The Kier molecular flexibility index (Phi) is 14.4. The van der Waals surface area contributed by atoms with Crippen molar-refractivity contribution in [3.05, 3.63) is 43.0 Å². The van der Waals surface area contributed by atoms with E-state index in [9.17, 15) is 26.3 Å². The molecule has 0 spiro atoms. The fourth-order valence-corrected chi connectivity index (χ4v) is 2.01. The van der Waals surface area contributed by atoms with Crippen LogP contribution in [-0.2, 0) is 23.2 Å². The van der Waals surface area contributed by atoms with E-state index in [1.165, 1.54) is 18.7 Å². The molecule has 0 atom stereocenters. The van der Waals surface area contributed by atoms with E-state index in [0.29, 0.717) is 0 Å². The number of imidazole rings is 1. The zero-order valence-electron chi connectivity index (χ0n) is 19.6. The molecule has 2 rings (SSSR count). The Hall–Kier alpha value is -3.19. The predicted molar refractivity (Wildman–Crippen MR) is 108 cm³/mol. The maximum absolute atomic E-state index is 10.6. The largest absolute Gasteiger partial charge is 0.542 e. The number of unbranched alkanes of at least 4 members (excludes halogenated alkanes) is 1. The van der Waals surface area contributed by atoms with Crippen molar-refractivity contribution < 1.29 is 50.7 Å². The van der Waals surface area contributed by atoms with Gasteiger partial charge >= 0.3 is 18.3 Å². The van der Waals surface area contributed by atoms with E-state index in [2.05, 4.69) is 60.8 Å². The van der Waals surface area contributed by atoms with Crippen molar-refractivity contribution in [2.45, 2.75) is 52.5 Å². The SMILES string of the molecule is C=C1N(C)C=CN1CC.CCCCn1cc[n+](C)c1C.O=C(O)C(F)(F)F.O=C([O-])C(F)(F)F. The van der Waals surface area contributed by atoms with Crippen LogP contribution in [0.15, 0.2) is 37.2 Å². The first-order valence-corrected chi connectivity index (χ1v) is 9.86. The van der Waals surface area contributed by atoms with Crippen LogP contribution >= 0.6 is 0 Å². The summed E-state index contributed by atoms with van der Waals surface area (Å²) in [6, 6.07) is 0. The topological polar surface area (TPSA) is 92.7 Å². The Balaban J connectivity index is 0. The van der Waals surface area contributed by atoms with Crippen LogP contribution in [-0.4, -0.2) is 57.4 Å². The Morgan fingerprint density at radius 1 is 1.12 bits per heavy atom. The molecule has 0 saturated carbocycles. The van der Waals surface area contributed by atoms with Gasteiger partial charge in [0.05, 0.1) is 13.6 Å². The molecule has 196 valence electrons. The monoisotopic (exact) mass is 504 g/mol. The van der Waals surface area contributed by atoms with Crippen LogP contribution in [0, 0.1) is 6.92 Å². The van der Waals surface area contributed by atoms with Crippen LogP contribution < -0.4 is 9.67 Å². The van der Waals surface area contributed by atoms with Crippen LogP contribution in [0.2, 0.25) is 0 Å². The van der Waals surface area contributed by atoms with Gasteiger partial charge in [0.25, 0.3) is 5.82 Å². The molecule has 14 heteroatoms. The lowest BCUT2D eigenvalue weighted by Crippen LogP contribution is -2.37. The number of nitrogens with zero attached hydrogens (tertiary/aromatic N) is 4. The van der Waals surface area contributed by atoms with Gasteiger partial charge in [0.1, 0.15) is 24.2 Å². The van der Waals surface area contributed by atoms with Crippen molar-refractivity contribution in [2.75, 3.05) is 13.6 Å². The van der Waals surface area contributed by atoms with Gasteiger partial charge < -0.3 is 24.8 Å². The van der Waals surface area contributed by atoms with Crippen LogP contribution in [0.4, 0.5) is 26.3 Å². The van der Waals surface area contributed by atoms with E-state index < -0.39 is 24.3 Å². The lowest BCUT2D eigenvalue weighted by atomic mass is 10.3. The summed E-state index contributed by atoms with van der Waals surface area (Å²) < 4.78 is 67.7. The molecule has 1 aromatic rings. The summed E-state index contributed by atoms with van der Waals surface area (Å²) >= 11 is 0. The number of carboxylic acid groups (broad SMARTS) is 2. The third-order valence-electron chi connectivity index (χ3n) is 4.17. The number of hydrogen-bond donors (Lipinski definition) is 1. The Bertz CT molecular complexity index is 795. The third-order valence-corrected chi connectivity index (χ3v) is 4.17. The maximum atomic E-state index is 10.6. The second kappa shape index (κ2) is 14.9. The van der Waals surface area contributed by atoms with Crippen molar-refractivity contribution in [3.8, 4) is 0 Å². The Morgan fingerprint density at radius 3 is 1.79 bits per heavy atom. The molecule has 0 bridgehead atoms. The number of carbonyl (C=O) groups is 2. The predicted octanol–water partition coefficient (Wildman–Crippen LogP) is 2.55. The first-order valence-electron chi connectivity index (χ1n) is 9.86. The van der Waals surface area contributed by atoms with Crippen LogP contribution in [0.5, 0.6) is 0 Å². The van der Waals surface area contributed by atoms with Gasteiger partial charge in [0, 0.05) is 32.9 Å². The number of alkyl halides is 6. The van der Waals surface area contributed by atoms with Crippen LogP contribution in [0.25, 0.3) is 0 Å². The molecule has 0 aliphatic carbocycles. The van der Waals surface area contributed by atoms with E-state index in [1.54, 1.807) is 0 Å². The molecule has 34 heavy (non-hydrogen) atoms. The number of halogens is 6. The van der Waals surface area contributed by atoms with Gasteiger partial charge in [-0.2, -0.15) is 26.3 Å². The number of aromatic nitrogens is 2. The molecule has 0 fully saturated rings. The summed E-state index contributed by atoms with van der Waals surface area (Å²) in [5.74, 6) is -3.38. The summed E-state index contributed by atoms with van der Waals surface area (Å²) in [6.07, 6.45) is 0.543. The van der Waals surface area contributed by atoms with E-state index in [-0.39, 0.29) is 0 Å². The van der Waals surface area contributed by atoms with Gasteiger partial charge in [-0.1, -0.05) is 19.9 Å². The highest BCUT2D eigenvalue weighted by atomic mass is 19.4. The molecule has 1 aliphatic rings. The number of aliphatic carboxylic acids is 2. The molecule has 1 aliphatic heterocycles. The van der Waals surface area contributed by atoms with E-state index in [1.807, 2.05) is 24.3 Å². The minimum atomic E-state index is -5.19. The first-order chi connectivity index (χ1) is 15.4. The summed E-state index contributed by atoms with van der Waals surface area (Å²) in [7, 11) is 4.08. The molecular weight excluding hydrogens is 474 g/mol. The molecule has 0 unspecified atom stereocenters. The molecular formula is C20H30F6N4O4. The fraction of sp³-hybridized carbons (Fsp3) is 0.550. The quantitative estimate of drug-likeness (QED) is 0.501. The van der Waals surface area contributed by atoms with Crippen molar-refractivity contribution in [3.63, 3.8) is 0 Å². The number of aryl methyl sites for hydroxylation is 2. The maximum Gasteiger partial charge on any atom is 0.490 e. The number of hydrogen-bond acceptors (Lipinski definition) is 5. The number of rotatable bonds is 4. The second-order valence-electron chi connectivity index (χ2n) is 6.70. The average molecular weight is 504 g/mol. The molecule has 1 N–H and O–H groups in total. The second-order valence-corrected chi connectivity index (χ2v) is 6.70. The summed E-state index contributed by atoms with van der Waals surface area (Å²) in [6.45, 7) is 12.5. The third kappa shape index (κ3) is 13.4. The lowest BCUT2D eigenvalue weighted by molar-refractivity contribution is -0.677. The smallest absolute Gasteiger partial charge is 0.490 e. The summed E-state index contributed by atoms with van der Waals surface area (Å²) in [4.78, 5) is 21.8. The lowest BCUT2D eigenvalue weighted by Gasteiger charge is -2.18. The minimum Gasteiger partial charge on any atom is -0.542 e. The van der Waals surface area contributed by atoms with Crippen molar-refractivity contribution in [1.82, 2.24) is 14.4 Å². The van der Waals surface area contributed by atoms with Gasteiger partial charge in [-0.15, -0.1) is 0 Å². The van der Waals surface area contributed by atoms with E-state index in [0.717, 1.165) is 18.9 Å². The zero-order chi connectivity index (χ0) is 27.3. The zero-order valence-corrected chi connectivity index (χ0v) is 19.6. The summed E-state index contributed by atoms with van der Waals surface area (Å²) in [5.41, 5.74) is 0. The van der Waals surface area contributed by atoms with Crippen molar-refractivity contribution >= 4 is 11.9 Å². The molecule has 0 aromatic carbocycles. The van der Waals surface area contributed by atoms with Crippen LogP contribution in [0.1, 0.15) is 32.5 Å². The number of carboxylic acids is 2. The summed E-state index contributed by atoms with van der Waals surface area (Å²) in [5, 5.41) is 15.9. The van der Waals surface area contributed by atoms with Crippen LogP contribution in [0.3, 0.4) is 0 Å². The first kappa shape index (κ1) is 33.0. The average Bonchev–Trinajstić information content (AvgIpc) is 3.21. The van der Waals surface area contributed by atoms with Crippen molar-refractivity contribution in [2.24, 2.45) is 7.05 Å². The number of carbonyl (C=O) groups excluding carboxylic acids is 1. The standard InChI is InChI=1S/C9H17N2.C7H12N2.2C2HF3O2/c1-4-5-6-11-8-7-10(3)9(11)2;1-4-9-6-5-8(3)7(9)2;2*3-2(4,5)1(6)7/h7-8H,4-6H2,1-3H3;5-6H,2,4H2,1,3H3;2*(H,6,7)/q+1;;;/p-1. The van der Waals surface area contributed by atoms with Gasteiger partial charge in [0.15, 0.2) is 0 Å². The highest BCUT2D eigenvalue weighted by molar-refractivity contribution is 5.73. The Morgan fingerprint density at radius 2 is 1.59 bits per heavy atom. The fourth-order valence-electron chi connectivity index (χ4n) is 2.01. The van der Waals surface area contributed by atoms with Gasteiger partial charge in [-0.3, -0.25) is 0 Å². The molecule has 0 saturated heterocycles. The molecule has 0 amide bonds. The molecule has 1 aromatic heterocycles.